The van der Waals surface area contributed by atoms with E-state index in [2.05, 4.69) is 32.1 Å². The first-order valence-corrected chi connectivity index (χ1v) is 47.8. The van der Waals surface area contributed by atoms with Crippen LogP contribution in [0.1, 0.15) is 178 Å². The number of sulfonamides is 5. The van der Waals surface area contributed by atoms with Gasteiger partial charge in [-0.15, -0.1) is 0 Å². The van der Waals surface area contributed by atoms with Crippen molar-refractivity contribution < 1.29 is 56.7 Å². The number of methoxy groups -OCH3 is 1. The molecule has 0 spiro atoms. The number of piperidine rings is 1. The molecule has 634 valence electrons. The summed E-state index contributed by atoms with van der Waals surface area (Å²) in [5.41, 5.74) is 10.9. The van der Waals surface area contributed by atoms with E-state index in [0.717, 1.165) is 116 Å². The number of rotatable bonds is 27. The molecule has 3 fully saturated rings. The smallest absolute Gasteiger partial charge is 0.243 e. The number of Topliss-reactive ketones (excluding diaryl/α,β-unsaturated/α-hetero) is 1. The second-order valence-electron chi connectivity index (χ2n) is 29.3. The van der Waals surface area contributed by atoms with Crippen molar-refractivity contribution in [3.63, 3.8) is 0 Å². The minimum atomic E-state index is -3.45. The fraction of sp³-hybridized carbons (Fsp3) is 0.449. The number of ketones is 1. The molecule has 11 rings (SSSR count). The van der Waals surface area contributed by atoms with Crippen molar-refractivity contribution in [3.05, 3.63) is 248 Å². The van der Waals surface area contributed by atoms with Crippen molar-refractivity contribution in [2.75, 3.05) is 73.1 Å². The highest BCUT2D eigenvalue weighted by Crippen LogP contribution is 2.32. The number of aliphatic hydroxyl groups is 1. The molecule has 1 saturated heterocycles. The van der Waals surface area contributed by atoms with Crippen LogP contribution in [0.3, 0.4) is 0 Å². The summed E-state index contributed by atoms with van der Waals surface area (Å²) in [5, 5.41) is 9.88. The molecule has 8 aromatic carbocycles. The van der Waals surface area contributed by atoms with Gasteiger partial charge in [-0.1, -0.05) is 212 Å². The number of hydrogen-bond donors (Lipinski definition) is 4. The van der Waals surface area contributed by atoms with E-state index in [0.29, 0.717) is 68.1 Å². The van der Waals surface area contributed by atoms with Crippen molar-refractivity contribution in [3.8, 4) is 5.75 Å². The highest BCUT2D eigenvalue weighted by Gasteiger charge is 2.31. The van der Waals surface area contributed by atoms with Crippen LogP contribution in [0.25, 0.3) is 0 Å². The Morgan fingerprint density at radius 1 is 0.461 bits per heavy atom. The Bertz CT molecular complexity index is 4710. The van der Waals surface area contributed by atoms with Gasteiger partial charge in [0.05, 0.1) is 38.2 Å². The van der Waals surface area contributed by atoms with E-state index in [9.17, 15) is 46.9 Å². The fourth-order valence-electron chi connectivity index (χ4n) is 11.8. The van der Waals surface area contributed by atoms with Crippen LogP contribution >= 0.6 is 23.2 Å². The van der Waals surface area contributed by atoms with Crippen molar-refractivity contribution in [2.24, 2.45) is 5.92 Å². The molecule has 2 aliphatic carbocycles. The molecular weight excluding hydrogens is 1590 g/mol. The van der Waals surface area contributed by atoms with Crippen LogP contribution in [-0.2, 0) is 50.1 Å². The number of carbonyl (C=O) groups excluding carboxylic acids is 1. The van der Waals surface area contributed by atoms with Gasteiger partial charge in [0, 0.05) is 67.8 Å². The molecule has 8 aromatic rings. The van der Waals surface area contributed by atoms with Crippen molar-refractivity contribution in [2.45, 2.75) is 210 Å². The zero-order valence-electron chi connectivity index (χ0n) is 69.9. The number of hydrogen-bond acceptors (Lipinski definition) is 14. The van der Waals surface area contributed by atoms with E-state index in [1.165, 1.54) is 71.7 Å². The Hall–Kier alpha value is -6.72. The lowest BCUT2D eigenvalue weighted by atomic mass is 9.96. The molecule has 0 atom stereocenters. The molecule has 1 aliphatic heterocycles. The van der Waals surface area contributed by atoms with Gasteiger partial charge in [0.1, 0.15) is 5.75 Å². The summed E-state index contributed by atoms with van der Waals surface area (Å²) in [6, 6.07) is 54.0. The zero-order valence-corrected chi connectivity index (χ0v) is 75.5. The number of ether oxygens (including phenoxy) is 1. The van der Waals surface area contributed by atoms with E-state index < -0.39 is 50.1 Å². The van der Waals surface area contributed by atoms with Gasteiger partial charge in [0.25, 0.3) is 0 Å². The minimum Gasteiger partial charge on any atom is -0.496 e. The summed E-state index contributed by atoms with van der Waals surface area (Å²) in [4.78, 5) is 15.3. The van der Waals surface area contributed by atoms with Gasteiger partial charge in [-0.05, 0) is 242 Å². The van der Waals surface area contributed by atoms with Gasteiger partial charge >= 0.3 is 0 Å². The largest absolute Gasteiger partial charge is 0.496 e. The van der Waals surface area contributed by atoms with Crippen LogP contribution in [-0.4, -0.2) is 146 Å². The third-order valence-electron chi connectivity index (χ3n) is 18.8. The number of halogens is 2. The van der Waals surface area contributed by atoms with Gasteiger partial charge < -0.3 is 14.7 Å². The first-order chi connectivity index (χ1) is 54.4. The maximum absolute atomic E-state index is 12.5. The Morgan fingerprint density at radius 3 is 1.27 bits per heavy atom. The van der Waals surface area contributed by atoms with E-state index in [4.69, 9.17) is 33.0 Å². The molecule has 4 N–H and O–H groups in total. The molecule has 0 bridgehead atoms. The van der Waals surface area contributed by atoms with Crippen LogP contribution in [0.5, 0.6) is 5.75 Å². The second kappa shape index (κ2) is 51.6. The second-order valence-corrected chi connectivity index (χ2v) is 39.4. The lowest BCUT2D eigenvalue weighted by Gasteiger charge is -2.26. The zero-order chi connectivity index (χ0) is 85.4. The Kier molecular flexibility index (Phi) is 45.1. The lowest BCUT2D eigenvalue weighted by Crippen LogP contribution is -2.36. The average Bonchev–Trinajstić information content (AvgIpc) is 1.76. The van der Waals surface area contributed by atoms with Crippen molar-refractivity contribution in [1.29, 1.82) is 0 Å². The molecule has 115 heavy (non-hydrogen) atoms. The molecular formula is C89H126Cl2N6O13S5. The number of benzene rings is 8. The maximum Gasteiger partial charge on any atom is 0.243 e. The predicted octanol–water partition coefficient (Wildman–Crippen LogP) is 18.4. The third kappa shape index (κ3) is 38.3. The Morgan fingerprint density at radius 2 is 0.870 bits per heavy atom. The number of nitrogens with one attached hydrogen (secondary N) is 3. The molecule has 0 radical (unpaired) electrons. The van der Waals surface area contributed by atoms with Gasteiger partial charge in [-0.25, -0.2) is 60.6 Å². The van der Waals surface area contributed by atoms with E-state index in [1.54, 1.807) is 85.2 Å². The van der Waals surface area contributed by atoms with Crippen LogP contribution in [0.2, 0.25) is 10.0 Å². The lowest BCUT2D eigenvalue weighted by molar-refractivity contribution is 0.0988. The van der Waals surface area contributed by atoms with Gasteiger partial charge in [-0.3, -0.25) is 4.79 Å². The molecule has 26 heteroatoms. The standard InChI is InChI=1S/C15H24N2O2S.C14H21NO2S.C13H19NO2S.C12H19NO2S.C10H12O.C9H13NO3S.C9H12O.C7H6Cl2/c1-14-6-8-15(9-7-14)20(18,19)16-10-5-13-17-11-3-2-4-12-17;1-3-10-15(11-13-6-7-13)18(16,17)14-8-4-12(2)5-9-14;1-11-7-9-13(10-8-11)17(15,16)14-12-5-3-2-4-6-12;1-4-5-10-13(3)16(14,15)12-8-6-11(2)7-9-12;1-3-10(11)9-6-4-8(2)5-7-9;1-8-2-4-9(5-3-8)14(12,13)10-6-7-11;1-7-4-5-9(10-3)8(2)6-7;1-5-2-6(8)4-7(9)3-5/h6-9,16H,2-5,10-13H2,1H3;4-5,8-9,13H,3,6-7,10-11H2,1-2H3;7-10,12,14H,2-6H2,1H3;6-9H,4-5,10H2,1-3H3;4-7H,3H2,1-2H3;2-5,10-11H,6-7H2,1H3;4-6H,1-3H3;2-4H,1H3. The van der Waals surface area contributed by atoms with E-state index in [-0.39, 0.29) is 29.9 Å². The molecule has 0 amide bonds. The molecule has 0 aromatic heterocycles. The first kappa shape index (κ1) is 101. The number of aliphatic hydroxyl groups excluding tert-OH is 1. The summed E-state index contributed by atoms with van der Waals surface area (Å²) in [6.45, 7) is 29.2. The number of aryl methyl sites for hydroxylation is 9. The SMILES string of the molecule is CCC(=O)c1ccc(C)cc1.CCCCN(C)S(=O)(=O)c1ccc(C)cc1.CCCN(CC1CC1)S(=O)(=O)c1ccc(C)cc1.COc1ccc(C)cc1C.Cc1cc(Cl)cc(Cl)c1.Cc1ccc(S(=O)(=O)NC2CCCCC2)cc1.Cc1ccc(S(=O)(=O)NCCCN2CCCCC2)cc1.Cc1ccc(S(=O)(=O)NCCO)cc1. The monoisotopic (exact) mass is 1720 g/mol. The Labute approximate surface area is 700 Å². The topological polar surface area (TPSA) is 263 Å². The van der Waals surface area contributed by atoms with Crippen LogP contribution in [0, 0.1) is 68.2 Å². The number of nitrogens with zero attached hydrogens (tertiary/aromatic N) is 3. The number of likely N-dealkylation sites (tertiary alicyclic amines) is 1. The summed E-state index contributed by atoms with van der Waals surface area (Å²) in [5.74, 6) is 1.76. The van der Waals surface area contributed by atoms with Crippen LogP contribution in [0.15, 0.2) is 206 Å². The normalized spacial score (nSPS) is 13.8. The van der Waals surface area contributed by atoms with Crippen LogP contribution < -0.4 is 18.9 Å². The van der Waals surface area contributed by atoms with Crippen molar-refractivity contribution in [1.82, 2.24) is 27.7 Å². The van der Waals surface area contributed by atoms with Crippen LogP contribution in [0.4, 0.5) is 0 Å². The molecule has 1 heterocycles. The average molecular weight is 1720 g/mol. The predicted molar refractivity (Wildman–Crippen MR) is 471 cm³/mol. The van der Waals surface area contributed by atoms with Gasteiger partial charge in [0.15, 0.2) is 5.78 Å². The van der Waals surface area contributed by atoms with Gasteiger partial charge in [-0.2, -0.15) is 4.31 Å². The highest BCUT2D eigenvalue weighted by molar-refractivity contribution is 7.90. The van der Waals surface area contributed by atoms with E-state index in [1.807, 2.05) is 173 Å². The fourth-order valence-corrected chi connectivity index (χ4v) is 18.6. The van der Waals surface area contributed by atoms with E-state index >= 15 is 0 Å². The quantitative estimate of drug-likeness (QED) is 0.0276. The van der Waals surface area contributed by atoms with Crippen molar-refractivity contribution >= 4 is 79.1 Å². The Balaban J connectivity index is 0.000000280. The number of unbranched alkanes of at least 4 members (excludes halogenated alkanes) is 1. The minimum absolute atomic E-state index is 0.0379. The highest BCUT2D eigenvalue weighted by atomic mass is 35.5. The number of carbonyl (C=O) groups is 1. The molecule has 3 aliphatic rings. The van der Waals surface area contributed by atoms with Gasteiger partial charge in [0.2, 0.25) is 50.1 Å². The molecule has 2 saturated carbocycles. The first-order valence-electron chi connectivity index (χ1n) is 39.7. The summed E-state index contributed by atoms with van der Waals surface area (Å²) < 4.78 is 136. The maximum atomic E-state index is 12.5. The molecule has 0 unspecified atom stereocenters. The summed E-state index contributed by atoms with van der Waals surface area (Å²) in [7, 11) is -13.4. The molecule has 19 nitrogen and oxygen atoms in total. The third-order valence-corrected chi connectivity index (χ3v) is 27.5. The summed E-state index contributed by atoms with van der Waals surface area (Å²) >= 11 is 11.3. The summed E-state index contributed by atoms with van der Waals surface area (Å²) in [6.07, 6.45) is 15.8.